The topological polar surface area (TPSA) is 60.7 Å². The number of benzene rings is 1. The smallest absolute Gasteiger partial charge is 0.125 e. The fraction of sp³-hybridized carbons (Fsp3) is 0.647. The molecule has 0 aliphatic heterocycles. The predicted octanol–water partition coefficient (Wildman–Crippen LogP) is 3.78. The van der Waals surface area contributed by atoms with Crippen LogP contribution in [-0.4, -0.2) is 26.8 Å². The minimum Gasteiger partial charge on any atom is -0.507 e. The molecule has 0 bridgehead atoms. The molecule has 4 heteroatoms. The molecular weight excluding hydrogens is 332 g/mol. The first kappa shape index (κ1) is 18.5. The van der Waals surface area contributed by atoms with Crippen LogP contribution >= 0.6 is 15.9 Å². The van der Waals surface area contributed by atoms with Gasteiger partial charge in [0.25, 0.3) is 0 Å². The Balaban J connectivity index is 3.56. The molecule has 1 aromatic carbocycles. The fourth-order valence-electron chi connectivity index (χ4n) is 2.18. The van der Waals surface area contributed by atoms with E-state index in [1.807, 2.05) is 26.8 Å². The normalized spacial score (nSPS) is 15.9. The maximum atomic E-state index is 10.5. The summed E-state index contributed by atoms with van der Waals surface area (Å²) in [5.74, 6) is 0.0722. The first-order valence-electron chi connectivity index (χ1n) is 7.19. The standard InChI is InChI=1S/C17H27BrO3/c1-16(2,3)10-7-11(15(21)13(19)9-18)14(20)12(8-10)17(4,5)6/h7-8,13,15,19-21H,9H2,1-6H3. The van der Waals surface area contributed by atoms with Crippen molar-refractivity contribution in [2.24, 2.45) is 0 Å². The van der Waals surface area contributed by atoms with Gasteiger partial charge in [-0.05, 0) is 28.0 Å². The molecule has 1 rings (SSSR count). The Kier molecular flexibility index (Phi) is 5.51. The van der Waals surface area contributed by atoms with Gasteiger partial charge >= 0.3 is 0 Å². The zero-order chi connectivity index (χ0) is 16.6. The second-order valence-corrected chi connectivity index (χ2v) is 8.28. The van der Waals surface area contributed by atoms with Crippen LogP contribution in [-0.2, 0) is 10.8 Å². The van der Waals surface area contributed by atoms with Gasteiger partial charge in [0.2, 0.25) is 0 Å². The lowest BCUT2D eigenvalue weighted by Crippen LogP contribution is -2.23. The second-order valence-electron chi connectivity index (χ2n) is 7.63. The monoisotopic (exact) mass is 358 g/mol. The lowest BCUT2D eigenvalue weighted by atomic mass is 9.78. The van der Waals surface area contributed by atoms with Crippen molar-refractivity contribution in [3.63, 3.8) is 0 Å². The highest BCUT2D eigenvalue weighted by molar-refractivity contribution is 9.09. The maximum absolute atomic E-state index is 10.5. The van der Waals surface area contributed by atoms with E-state index in [9.17, 15) is 15.3 Å². The van der Waals surface area contributed by atoms with Gasteiger partial charge in [-0.15, -0.1) is 0 Å². The van der Waals surface area contributed by atoms with E-state index >= 15 is 0 Å². The van der Waals surface area contributed by atoms with E-state index in [0.29, 0.717) is 5.56 Å². The Morgan fingerprint density at radius 1 is 1.00 bits per heavy atom. The quantitative estimate of drug-likeness (QED) is 0.720. The molecule has 21 heavy (non-hydrogen) atoms. The number of aliphatic hydroxyl groups excluding tert-OH is 2. The summed E-state index contributed by atoms with van der Waals surface area (Å²) in [6, 6.07) is 3.78. The Hall–Kier alpha value is -0.580. The van der Waals surface area contributed by atoms with Gasteiger partial charge in [-0.2, -0.15) is 0 Å². The molecule has 0 amide bonds. The molecule has 2 unspecified atom stereocenters. The molecule has 1 aromatic rings. The summed E-state index contributed by atoms with van der Waals surface area (Å²) in [6.07, 6.45) is -2.08. The van der Waals surface area contributed by atoms with E-state index in [1.165, 1.54) is 0 Å². The minimum atomic E-state index is -1.12. The van der Waals surface area contributed by atoms with Crippen molar-refractivity contribution in [2.45, 2.75) is 64.6 Å². The molecule has 0 saturated carbocycles. The third-order valence-corrected chi connectivity index (χ3v) is 4.32. The fourth-order valence-corrected chi connectivity index (χ4v) is 2.53. The maximum Gasteiger partial charge on any atom is 0.125 e. The summed E-state index contributed by atoms with van der Waals surface area (Å²) in [4.78, 5) is 0. The molecule has 0 spiro atoms. The lowest BCUT2D eigenvalue weighted by Gasteiger charge is -2.29. The Bertz CT molecular complexity index is 498. The number of phenols is 1. The third-order valence-electron chi connectivity index (χ3n) is 3.65. The van der Waals surface area contributed by atoms with Gasteiger partial charge in [0.15, 0.2) is 0 Å². The van der Waals surface area contributed by atoms with Crippen LogP contribution in [0.1, 0.15) is 64.3 Å². The highest BCUT2D eigenvalue weighted by Crippen LogP contribution is 2.40. The summed E-state index contributed by atoms with van der Waals surface area (Å²) < 4.78 is 0. The molecule has 0 aliphatic carbocycles. The molecular formula is C17H27BrO3. The van der Waals surface area contributed by atoms with Gasteiger partial charge in [-0.3, -0.25) is 0 Å². The zero-order valence-corrected chi connectivity index (χ0v) is 15.3. The SMILES string of the molecule is CC(C)(C)c1cc(C(O)C(O)CBr)c(O)c(C(C)(C)C)c1. The van der Waals surface area contributed by atoms with Crippen molar-refractivity contribution in [1.82, 2.24) is 0 Å². The number of aliphatic hydroxyl groups is 2. The van der Waals surface area contributed by atoms with Crippen molar-refractivity contribution in [2.75, 3.05) is 5.33 Å². The van der Waals surface area contributed by atoms with E-state index in [-0.39, 0.29) is 21.9 Å². The van der Waals surface area contributed by atoms with Crippen molar-refractivity contribution in [3.8, 4) is 5.75 Å². The molecule has 0 saturated heterocycles. The van der Waals surface area contributed by atoms with Crippen LogP contribution < -0.4 is 0 Å². The van der Waals surface area contributed by atoms with E-state index in [2.05, 4.69) is 36.7 Å². The van der Waals surface area contributed by atoms with Gasteiger partial charge in [0.1, 0.15) is 11.9 Å². The van der Waals surface area contributed by atoms with E-state index in [1.54, 1.807) is 6.07 Å². The molecule has 0 radical (unpaired) electrons. The second kappa shape index (κ2) is 6.27. The number of halogens is 1. The van der Waals surface area contributed by atoms with Gasteiger partial charge in [-0.25, -0.2) is 0 Å². The van der Waals surface area contributed by atoms with Crippen LogP contribution in [0.15, 0.2) is 12.1 Å². The molecule has 3 N–H and O–H groups in total. The van der Waals surface area contributed by atoms with Gasteiger partial charge in [0.05, 0.1) is 6.10 Å². The van der Waals surface area contributed by atoms with E-state index in [4.69, 9.17) is 0 Å². The summed E-state index contributed by atoms with van der Waals surface area (Å²) >= 11 is 3.16. The van der Waals surface area contributed by atoms with Crippen LogP contribution in [0.5, 0.6) is 5.75 Å². The van der Waals surface area contributed by atoms with Crippen molar-refractivity contribution in [3.05, 3.63) is 28.8 Å². The Labute approximate surface area is 136 Å². The first-order chi connectivity index (χ1) is 9.39. The highest BCUT2D eigenvalue weighted by atomic mass is 79.9. The summed E-state index contributed by atoms with van der Waals surface area (Å²) in [5.41, 5.74) is 1.84. The summed E-state index contributed by atoms with van der Waals surface area (Å²) in [6.45, 7) is 12.3. The molecule has 0 aliphatic rings. The molecule has 0 heterocycles. The van der Waals surface area contributed by atoms with Crippen molar-refractivity contribution >= 4 is 15.9 Å². The number of rotatable bonds is 3. The van der Waals surface area contributed by atoms with E-state index < -0.39 is 12.2 Å². The third kappa shape index (κ3) is 4.21. The number of hydrogen-bond acceptors (Lipinski definition) is 3. The average Bonchev–Trinajstić information content (AvgIpc) is 2.34. The first-order valence-corrected chi connectivity index (χ1v) is 8.31. The average molecular weight is 359 g/mol. The molecule has 120 valence electrons. The zero-order valence-electron chi connectivity index (χ0n) is 13.7. The molecule has 2 atom stereocenters. The highest BCUT2D eigenvalue weighted by Gasteiger charge is 2.29. The van der Waals surface area contributed by atoms with Crippen molar-refractivity contribution in [1.29, 1.82) is 0 Å². The molecule has 0 aromatic heterocycles. The molecule has 3 nitrogen and oxygen atoms in total. The summed E-state index contributed by atoms with van der Waals surface area (Å²) in [5, 5.41) is 31.0. The predicted molar refractivity (Wildman–Crippen MR) is 90.3 cm³/mol. The number of alkyl halides is 1. The summed E-state index contributed by atoms with van der Waals surface area (Å²) in [7, 11) is 0. The Morgan fingerprint density at radius 2 is 1.52 bits per heavy atom. The van der Waals surface area contributed by atoms with E-state index in [0.717, 1.165) is 11.1 Å². The van der Waals surface area contributed by atoms with Crippen LogP contribution in [0.25, 0.3) is 0 Å². The van der Waals surface area contributed by atoms with Gasteiger partial charge in [-0.1, -0.05) is 63.5 Å². The van der Waals surface area contributed by atoms with Crippen LogP contribution in [0.3, 0.4) is 0 Å². The number of phenolic OH excluding ortho intramolecular Hbond substituents is 1. The van der Waals surface area contributed by atoms with Gasteiger partial charge in [0, 0.05) is 10.9 Å². The minimum absolute atomic E-state index is 0.0722. The van der Waals surface area contributed by atoms with Crippen LogP contribution in [0.2, 0.25) is 0 Å². The number of hydrogen-bond donors (Lipinski definition) is 3. The van der Waals surface area contributed by atoms with Gasteiger partial charge < -0.3 is 15.3 Å². The molecule has 0 fully saturated rings. The van der Waals surface area contributed by atoms with Crippen LogP contribution in [0.4, 0.5) is 0 Å². The lowest BCUT2D eigenvalue weighted by molar-refractivity contribution is 0.0325. The number of aromatic hydroxyl groups is 1. The van der Waals surface area contributed by atoms with Crippen LogP contribution in [0, 0.1) is 0 Å². The Morgan fingerprint density at radius 3 is 1.90 bits per heavy atom. The largest absolute Gasteiger partial charge is 0.507 e. The van der Waals surface area contributed by atoms with Crippen molar-refractivity contribution < 1.29 is 15.3 Å².